The summed E-state index contributed by atoms with van der Waals surface area (Å²) in [4.78, 5) is 36.1. The Bertz CT molecular complexity index is 831. The lowest BCUT2D eigenvalue weighted by Crippen LogP contribution is -2.54. The third-order valence-corrected chi connectivity index (χ3v) is 4.09. The van der Waals surface area contributed by atoms with E-state index < -0.39 is 6.35 Å². The maximum Gasteiger partial charge on any atom is 0.272 e. The van der Waals surface area contributed by atoms with E-state index in [1.165, 1.54) is 6.20 Å². The van der Waals surface area contributed by atoms with E-state index in [2.05, 4.69) is 26.5 Å². The van der Waals surface area contributed by atoms with Crippen molar-refractivity contribution >= 4 is 24.2 Å². The molecule has 3 heterocycles. The zero-order valence-electron chi connectivity index (χ0n) is 14.0. The number of rotatable bonds is 4. The van der Waals surface area contributed by atoms with Gasteiger partial charge in [-0.15, -0.1) is 17.5 Å². The molecule has 0 bridgehead atoms. The standard InChI is InChI=1S/C16H16N6O4.ClH/c23-14(13-2-1-5-19-20-13)17-7-10-3-4-12-11(6-10)8-22(15(12)24)16-18-9-25-21-26-16;/h1-6,16,18,21H,7-9H2,(H,17,23);1H. The first-order valence-electron chi connectivity index (χ1n) is 7.97. The third-order valence-electron chi connectivity index (χ3n) is 4.09. The molecule has 3 N–H and O–H groups in total. The van der Waals surface area contributed by atoms with Gasteiger partial charge in [0, 0.05) is 18.3 Å². The van der Waals surface area contributed by atoms with E-state index >= 15 is 0 Å². The Hall–Kier alpha value is -2.63. The van der Waals surface area contributed by atoms with Crippen LogP contribution in [0.3, 0.4) is 0 Å². The van der Waals surface area contributed by atoms with Crippen LogP contribution in [0.1, 0.15) is 32.0 Å². The first-order chi connectivity index (χ1) is 12.7. The summed E-state index contributed by atoms with van der Waals surface area (Å²) in [5, 5.41) is 13.2. The van der Waals surface area contributed by atoms with Crippen LogP contribution in [0.4, 0.5) is 0 Å². The minimum atomic E-state index is -0.608. The Morgan fingerprint density at radius 2 is 2.26 bits per heavy atom. The topological polar surface area (TPSA) is 118 Å². The van der Waals surface area contributed by atoms with Gasteiger partial charge < -0.3 is 5.32 Å². The van der Waals surface area contributed by atoms with Gasteiger partial charge in [0.2, 0.25) is 6.35 Å². The number of halogens is 1. The smallest absolute Gasteiger partial charge is 0.272 e. The number of fused-ring (bicyclic) bond motifs is 1. The quantitative estimate of drug-likeness (QED) is 0.669. The molecular formula is C16H17ClN6O4. The lowest BCUT2D eigenvalue weighted by molar-refractivity contribution is -0.281. The molecule has 1 aromatic carbocycles. The van der Waals surface area contributed by atoms with Crippen molar-refractivity contribution in [3.63, 3.8) is 0 Å². The maximum atomic E-state index is 12.5. The lowest BCUT2D eigenvalue weighted by atomic mass is 10.1. The summed E-state index contributed by atoms with van der Waals surface area (Å²) in [5.41, 5.74) is 4.93. The molecule has 1 fully saturated rings. The van der Waals surface area contributed by atoms with Gasteiger partial charge in [0.15, 0.2) is 5.69 Å². The number of aromatic nitrogens is 2. The molecule has 2 aliphatic heterocycles. The summed E-state index contributed by atoms with van der Waals surface area (Å²) in [5.74, 6) is -0.432. The number of nitrogens with zero attached hydrogens (tertiary/aromatic N) is 3. The average Bonchev–Trinajstić information content (AvgIpc) is 3.03. The molecular weight excluding hydrogens is 376 g/mol. The van der Waals surface area contributed by atoms with Gasteiger partial charge in [-0.25, -0.2) is 10.2 Å². The Balaban J connectivity index is 0.00000210. The molecule has 1 atom stereocenters. The van der Waals surface area contributed by atoms with Crippen molar-refractivity contribution in [2.45, 2.75) is 19.4 Å². The van der Waals surface area contributed by atoms with Crippen molar-refractivity contribution in [3.8, 4) is 0 Å². The van der Waals surface area contributed by atoms with Crippen LogP contribution in [0.5, 0.6) is 0 Å². The highest BCUT2D eigenvalue weighted by Gasteiger charge is 2.34. The van der Waals surface area contributed by atoms with Crippen LogP contribution in [-0.4, -0.2) is 40.0 Å². The van der Waals surface area contributed by atoms with E-state index in [9.17, 15) is 9.59 Å². The molecule has 2 aliphatic rings. The minimum Gasteiger partial charge on any atom is -0.347 e. The molecule has 0 saturated carbocycles. The molecule has 1 aromatic heterocycles. The molecule has 2 amide bonds. The summed E-state index contributed by atoms with van der Waals surface area (Å²) < 4.78 is 0. The number of nitrogens with one attached hydrogen (secondary N) is 3. The van der Waals surface area contributed by atoms with E-state index in [-0.39, 0.29) is 36.6 Å². The molecule has 142 valence electrons. The minimum absolute atomic E-state index is 0. The van der Waals surface area contributed by atoms with Crippen LogP contribution >= 0.6 is 12.4 Å². The average molecular weight is 393 g/mol. The van der Waals surface area contributed by atoms with Crippen molar-refractivity contribution in [3.05, 3.63) is 58.9 Å². The predicted molar refractivity (Wildman–Crippen MR) is 93.9 cm³/mol. The molecule has 10 nitrogen and oxygen atoms in total. The lowest BCUT2D eigenvalue weighted by Gasteiger charge is -2.30. The van der Waals surface area contributed by atoms with Crippen LogP contribution in [0.2, 0.25) is 0 Å². The number of amides is 2. The highest BCUT2D eigenvalue weighted by Crippen LogP contribution is 2.25. The van der Waals surface area contributed by atoms with Gasteiger partial charge in [-0.2, -0.15) is 5.10 Å². The van der Waals surface area contributed by atoms with Crippen molar-refractivity contribution < 1.29 is 19.3 Å². The monoisotopic (exact) mass is 392 g/mol. The van der Waals surface area contributed by atoms with Gasteiger partial charge in [0.1, 0.15) is 6.73 Å². The van der Waals surface area contributed by atoms with Crippen LogP contribution in [0.25, 0.3) is 0 Å². The van der Waals surface area contributed by atoms with E-state index in [1.54, 1.807) is 23.1 Å². The molecule has 0 aliphatic carbocycles. The molecule has 1 saturated heterocycles. The fourth-order valence-electron chi connectivity index (χ4n) is 2.83. The van der Waals surface area contributed by atoms with Crippen LogP contribution in [0, 0.1) is 0 Å². The second-order valence-corrected chi connectivity index (χ2v) is 5.76. The van der Waals surface area contributed by atoms with Crippen molar-refractivity contribution in [2.75, 3.05) is 6.73 Å². The normalized spacial score (nSPS) is 18.6. The molecule has 2 aromatic rings. The number of hydrogen-bond donors (Lipinski definition) is 3. The second-order valence-electron chi connectivity index (χ2n) is 5.76. The maximum absolute atomic E-state index is 12.5. The summed E-state index contributed by atoms with van der Waals surface area (Å²) >= 11 is 0. The van der Waals surface area contributed by atoms with Gasteiger partial charge in [0.25, 0.3) is 11.8 Å². The zero-order valence-corrected chi connectivity index (χ0v) is 14.9. The largest absolute Gasteiger partial charge is 0.347 e. The Kier molecular flexibility index (Phi) is 5.94. The predicted octanol–water partition coefficient (Wildman–Crippen LogP) is 0.0813. The number of hydrogen-bond acceptors (Lipinski definition) is 8. The highest BCUT2D eigenvalue weighted by atomic mass is 35.5. The highest BCUT2D eigenvalue weighted by molar-refractivity contribution is 5.98. The van der Waals surface area contributed by atoms with Gasteiger partial charge in [-0.05, 0) is 29.3 Å². The molecule has 11 heteroatoms. The number of carbonyl (C=O) groups is 2. The summed E-state index contributed by atoms with van der Waals surface area (Å²) in [6.45, 7) is 0.953. The van der Waals surface area contributed by atoms with Gasteiger partial charge in [-0.1, -0.05) is 17.8 Å². The van der Waals surface area contributed by atoms with Crippen molar-refractivity contribution in [1.82, 2.24) is 31.4 Å². The molecule has 0 spiro atoms. The first-order valence-corrected chi connectivity index (χ1v) is 7.97. The molecule has 4 rings (SSSR count). The SMILES string of the molecule is Cl.O=C(NCc1ccc2c(c1)CN(C1NCONO1)C2=O)c1cccnn1. The Morgan fingerprint density at radius 3 is 3.00 bits per heavy atom. The summed E-state index contributed by atoms with van der Waals surface area (Å²) in [6, 6.07) is 8.72. The van der Waals surface area contributed by atoms with Crippen LogP contribution in [0.15, 0.2) is 36.5 Å². The fraction of sp³-hybridized carbons (Fsp3) is 0.250. The van der Waals surface area contributed by atoms with E-state index in [0.29, 0.717) is 18.7 Å². The second kappa shape index (κ2) is 8.37. The molecule has 27 heavy (non-hydrogen) atoms. The Morgan fingerprint density at radius 1 is 1.37 bits per heavy atom. The van der Waals surface area contributed by atoms with E-state index in [0.717, 1.165) is 11.1 Å². The van der Waals surface area contributed by atoms with Crippen molar-refractivity contribution in [2.24, 2.45) is 0 Å². The molecule has 0 radical (unpaired) electrons. The van der Waals surface area contributed by atoms with Gasteiger partial charge in [-0.3, -0.25) is 19.3 Å². The number of carbonyl (C=O) groups excluding carboxylic acids is 2. The van der Waals surface area contributed by atoms with E-state index in [1.807, 2.05) is 12.1 Å². The first kappa shape index (κ1) is 19.1. The van der Waals surface area contributed by atoms with E-state index in [4.69, 9.17) is 9.68 Å². The fourth-order valence-corrected chi connectivity index (χ4v) is 2.83. The van der Waals surface area contributed by atoms with Crippen LogP contribution < -0.4 is 16.3 Å². The van der Waals surface area contributed by atoms with Crippen molar-refractivity contribution in [1.29, 1.82) is 0 Å². The van der Waals surface area contributed by atoms with Gasteiger partial charge >= 0.3 is 0 Å². The summed E-state index contributed by atoms with van der Waals surface area (Å²) in [7, 11) is 0. The third kappa shape index (κ3) is 4.04. The number of benzene rings is 1. The zero-order chi connectivity index (χ0) is 17.9. The summed E-state index contributed by atoms with van der Waals surface area (Å²) in [6.07, 6.45) is 0.899. The molecule has 1 unspecified atom stereocenters. The van der Waals surface area contributed by atoms with Gasteiger partial charge in [0.05, 0.1) is 6.54 Å². The Labute approximate surface area is 160 Å². The van der Waals surface area contributed by atoms with Crippen LogP contribution in [-0.2, 0) is 22.8 Å².